The standard InChI is InChI=1S/C24H24N4O5S/c1-6-13-34-24-25-22(30)19-15-9-7-8-10-17(15)27(14(2)29)23(28(19)26-24)16-11-12-18(31-3)21(33-5)20(16)32-4/h6-12,23H,1,13H2,2-5H3/p+1/t23-/m1/s1. The predicted octanol–water partition coefficient (Wildman–Crippen LogP) is 2.94. The molecular formula is C24H25N4O5S+. The van der Waals surface area contributed by atoms with E-state index in [1.165, 1.54) is 40.0 Å². The van der Waals surface area contributed by atoms with Crippen molar-refractivity contribution >= 4 is 23.4 Å². The van der Waals surface area contributed by atoms with Gasteiger partial charge in [-0.2, -0.15) is 0 Å². The quantitative estimate of drug-likeness (QED) is 0.315. The molecule has 10 heteroatoms. The van der Waals surface area contributed by atoms with Gasteiger partial charge in [-0.05, 0) is 28.9 Å². The van der Waals surface area contributed by atoms with Crippen molar-refractivity contribution in [2.24, 2.45) is 0 Å². The van der Waals surface area contributed by atoms with Crippen LogP contribution in [0.2, 0.25) is 0 Å². The number of nitrogens with zero attached hydrogens (tertiary/aromatic N) is 3. The van der Waals surface area contributed by atoms with E-state index in [-0.39, 0.29) is 11.5 Å². The van der Waals surface area contributed by atoms with E-state index in [4.69, 9.17) is 19.3 Å². The molecule has 1 amide bonds. The van der Waals surface area contributed by atoms with Crippen molar-refractivity contribution in [2.45, 2.75) is 18.2 Å². The molecule has 0 saturated heterocycles. The summed E-state index contributed by atoms with van der Waals surface area (Å²) >= 11 is 1.33. The van der Waals surface area contributed by atoms with E-state index in [0.29, 0.717) is 50.7 Å². The third kappa shape index (κ3) is 3.79. The van der Waals surface area contributed by atoms with Crippen LogP contribution in [0.4, 0.5) is 5.69 Å². The van der Waals surface area contributed by atoms with Gasteiger partial charge in [0.25, 0.3) is 6.17 Å². The summed E-state index contributed by atoms with van der Waals surface area (Å²) < 4.78 is 18.3. The fourth-order valence-corrected chi connectivity index (χ4v) is 4.71. The van der Waals surface area contributed by atoms with Gasteiger partial charge in [0.2, 0.25) is 16.8 Å². The lowest BCUT2D eigenvalue weighted by Gasteiger charge is -2.32. The highest BCUT2D eigenvalue weighted by molar-refractivity contribution is 7.99. The normalized spacial score (nSPS) is 14.1. The van der Waals surface area contributed by atoms with Crippen LogP contribution in [0.25, 0.3) is 11.3 Å². The molecule has 176 valence electrons. The fraction of sp³-hybridized carbons (Fsp3) is 0.250. The number of nitrogens with one attached hydrogen (secondary N) is 1. The molecular weight excluding hydrogens is 456 g/mol. The van der Waals surface area contributed by atoms with Gasteiger partial charge >= 0.3 is 11.3 Å². The minimum Gasteiger partial charge on any atom is -0.493 e. The largest absolute Gasteiger partial charge is 0.493 e. The number of H-pyrrole nitrogens is 1. The average Bonchev–Trinajstić information content (AvgIpc) is 2.85. The number of ether oxygens (including phenoxy) is 3. The predicted molar refractivity (Wildman–Crippen MR) is 129 cm³/mol. The maximum absolute atomic E-state index is 13.3. The number of thioether (sulfide) groups is 1. The van der Waals surface area contributed by atoms with Gasteiger partial charge in [-0.25, -0.2) is 4.90 Å². The number of benzene rings is 2. The molecule has 1 aromatic heterocycles. The maximum atomic E-state index is 13.3. The van der Waals surface area contributed by atoms with E-state index < -0.39 is 6.17 Å². The molecule has 0 bridgehead atoms. The topological polar surface area (TPSA) is 97.6 Å². The van der Waals surface area contributed by atoms with Gasteiger partial charge in [0.05, 0.1) is 38.1 Å². The second kappa shape index (κ2) is 9.60. The first-order valence-electron chi connectivity index (χ1n) is 10.4. The highest BCUT2D eigenvalue weighted by Crippen LogP contribution is 2.45. The number of aromatic nitrogens is 3. The Labute approximate surface area is 201 Å². The maximum Gasteiger partial charge on any atom is 0.325 e. The van der Waals surface area contributed by atoms with Crippen molar-refractivity contribution in [3.8, 4) is 28.5 Å². The van der Waals surface area contributed by atoms with Crippen LogP contribution in [0.5, 0.6) is 17.2 Å². The molecule has 9 nitrogen and oxygen atoms in total. The molecule has 1 atom stereocenters. The summed E-state index contributed by atoms with van der Waals surface area (Å²) in [4.78, 5) is 30.8. The van der Waals surface area contributed by atoms with Gasteiger partial charge in [-0.1, -0.05) is 30.0 Å². The van der Waals surface area contributed by atoms with Crippen LogP contribution in [0.1, 0.15) is 18.7 Å². The molecule has 34 heavy (non-hydrogen) atoms. The SMILES string of the molecule is C=CCSc1n[n+]2c(c(=O)[nH]1)-c1ccccc1N(C(C)=O)[C@H]2c1ccc(OC)c(OC)c1OC. The number of hydrogen-bond acceptors (Lipinski definition) is 7. The lowest BCUT2D eigenvalue weighted by atomic mass is 10.0. The number of para-hydroxylation sites is 1. The summed E-state index contributed by atoms with van der Waals surface area (Å²) in [5, 5.41) is 5.13. The third-order valence-electron chi connectivity index (χ3n) is 5.45. The Morgan fingerprint density at radius 1 is 1.18 bits per heavy atom. The van der Waals surface area contributed by atoms with E-state index in [1.807, 2.05) is 12.1 Å². The van der Waals surface area contributed by atoms with Crippen LogP contribution < -0.4 is 29.4 Å². The van der Waals surface area contributed by atoms with Crippen LogP contribution in [-0.2, 0) is 4.79 Å². The van der Waals surface area contributed by atoms with Crippen molar-refractivity contribution in [3.05, 3.63) is 65.0 Å². The Hall–Kier alpha value is -3.79. The second-order valence-electron chi connectivity index (χ2n) is 7.36. The molecule has 0 aliphatic carbocycles. The lowest BCUT2D eigenvalue weighted by molar-refractivity contribution is -0.763. The number of amides is 1. The molecule has 0 spiro atoms. The summed E-state index contributed by atoms with van der Waals surface area (Å²) in [5.41, 5.74) is 1.78. The van der Waals surface area contributed by atoms with E-state index >= 15 is 0 Å². The summed E-state index contributed by atoms with van der Waals surface area (Å²) in [7, 11) is 4.55. The first-order chi connectivity index (χ1) is 16.5. The van der Waals surface area contributed by atoms with Crippen molar-refractivity contribution in [1.29, 1.82) is 0 Å². The number of anilines is 1. The number of carbonyl (C=O) groups is 1. The molecule has 3 aromatic rings. The number of carbonyl (C=O) groups excluding carboxylic acids is 1. The summed E-state index contributed by atoms with van der Waals surface area (Å²) in [6.07, 6.45) is 0.906. The Bertz CT molecular complexity index is 1320. The second-order valence-corrected chi connectivity index (χ2v) is 8.36. The molecule has 2 aromatic carbocycles. The number of methoxy groups -OCH3 is 3. The zero-order valence-electron chi connectivity index (χ0n) is 19.3. The van der Waals surface area contributed by atoms with Gasteiger partial charge in [0, 0.05) is 17.8 Å². The van der Waals surface area contributed by atoms with Gasteiger partial charge in [0.15, 0.2) is 11.5 Å². The molecule has 0 radical (unpaired) electrons. The number of hydrogen-bond donors (Lipinski definition) is 1. The Balaban J connectivity index is 2.09. The molecule has 1 N–H and O–H groups in total. The van der Waals surface area contributed by atoms with E-state index in [1.54, 1.807) is 39.9 Å². The van der Waals surface area contributed by atoms with Crippen LogP contribution in [0.15, 0.2) is 59.0 Å². The lowest BCUT2D eigenvalue weighted by Crippen LogP contribution is -2.60. The van der Waals surface area contributed by atoms with Crippen LogP contribution in [0, 0.1) is 0 Å². The van der Waals surface area contributed by atoms with Crippen molar-refractivity contribution in [2.75, 3.05) is 32.0 Å². The molecule has 4 rings (SSSR count). The first-order valence-corrected chi connectivity index (χ1v) is 11.4. The van der Waals surface area contributed by atoms with Crippen LogP contribution in [0.3, 0.4) is 0 Å². The highest BCUT2D eigenvalue weighted by Gasteiger charge is 2.46. The molecule has 1 aliphatic rings. The molecule has 0 fully saturated rings. The smallest absolute Gasteiger partial charge is 0.325 e. The molecule has 0 unspecified atom stereocenters. The van der Waals surface area contributed by atoms with E-state index in [2.05, 4.69) is 11.6 Å². The molecule has 2 heterocycles. The van der Waals surface area contributed by atoms with Crippen LogP contribution in [-0.4, -0.2) is 43.1 Å². The van der Waals surface area contributed by atoms with Crippen molar-refractivity contribution < 1.29 is 23.7 Å². The molecule has 0 saturated carbocycles. The molecule has 1 aliphatic heterocycles. The zero-order chi connectivity index (χ0) is 24.4. The van der Waals surface area contributed by atoms with E-state index in [9.17, 15) is 9.59 Å². The Morgan fingerprint density at radius 2 is 1.91 bits per heavy atom. The number of aromatic amines is 1. The summed E-state index contributed by atoms with van der Waals surface area (Å²) in [5.74, 6) is 1.55. The third-order valence-corrected chi connectivity index (χ3v) is 6.31. The van der Waals surface area contributed by atoms with Crippen LogP contribution >= 0.6 is 11.8 Å². The summed E-state index contributed by atoms with van der Waals surface area (Å²) in [6.45, 7) is 5.20. The summed E-state index contributed by atoms with van der Waals surface area (Å²) in [6, 6.07) is 10.8. The van der Waals surface area contributed by atoms with E-state index in [0.717, 1.165) is 0 Å². The average molecular weight is 482 g/mol. The van der Waals surface area contributed by atoms with Gasteiger partial charge in [-0.15, -0.1) is 6.58 Å². The van der Waals surface area contributed by atoms with Gasteiger partial charge in [0.1, 0.15) is 0 Å². The Morgan fingerprint density at radius 3 is 2.56 bits per heavy atom. The van der Waals surface area contributed by atoms with Crippen molar-refractivity contribution in [3.63, 3.8) is 0 Å². The minimum atomic E-state index is -0.817. The fourth-order valence-electron chi connectivity index (χ4n) is 4.12. The zero-order valence-corrected chi connectivity index (χ0v) is 20.1. The van der Waals surface area contributed by atoms with Gasteiger partial charge < -0.3 is 14.2 Å². The monoisotopic (exact) mass is 481 g/mol. The van der Waals surface area contributed by atoms with Crippen molar-refractivity contribution in [1.82, 2.24) is 10.1 Å². The number of rotatable bonds is 7. The minimum absolute atomic E-state index is 0.227. The first kappa shape index (κ1) is 23.4. The number of fused-ring (bicyclic) bond motifs is 3. The highest BCUT2D eigenvalue weighted by atomic mass is 32.2. The Kier molecular flexibility index (Phi) is 6.60. The van der Waals surface area contributed by atoms with Gasteiger partial charge in [-0.3, -0.25) is 14.6 Å².